The van der Waals surface area contributed by atoms with E-state index >= 15 is 0 Å². The van der Waals surface area contributed by atoms with E-state index in [4.69, 9.17) is 18.9 Å². The van der Waals surface area contributed by atoms with Crippen LogP contribution in [0.4, 0.5) is 5.69 Å². The number of tetrazole rings is 1. The lowest BCUT2D eigenvalue weighted by molar-refractivity contribution is 0.0606. The number of morpholine rings is 1. The Hall–Kier alpha value is -4.07. The molecule has 38 heavy (non-hydrogen) atoms. The van der Waals surface area contributed by atoms with Crippen molar-refractivity contribution in [1.82, 2.24) is 25.5 Å². The molecule has 2 N–H and O–H groups in total. The molecule has 3 aliphatic heterocycles. The molecule has 13 heteroatoms. The largest absolute Gasteiger partial charge is 0.478 e. The van der Waals surface area contributed by atoms with Gasteiger partial charge in [0.15, 0.2) is 0 Å². The topological polar surface area (TPSA) is 150 Å². The summed E-state index contributed by atoms with van der Waals surface area (Å²) in [4.78, 5) is 26.6. The van der Waals surface area contributed by atoms with Gasteiger partial charge in [-0.15, -0.1) is 0 Å². The number of carboxylic acids is 1. The van der Waals surface area contributed by atoms with Crippen LogP contribution in [0.1, 0.15) is 26.8 Å². The number of carbonyl (C=O) groups is 2. The summed E-state index contributed by atoms with van der Waals surface area (Å²) >= 11 is 0. The van der Waals surface area contributed by atoms with Crippen LogP contribution in [0.25, 0.3) is 0 Å². The number of nitrogens with zero attached hydrogens (tertiary/aromatic N) is 5. The second-order valence-corrected chi connectivity index (χ2v) is 9.20. The summed E-state index contributed by atoms with van der Waals surface area (Å²) in [5.41, 5.74) is 1.03. The second-order valence-electron chi connectivity index (χ2n) is 9.20. The number of carbonyl (C=O) groups excluding carboxylic acids is 1. The molecule has 0 aliphatic carbocycles. The van der Waals surface area contributed by atoms with E-state index in [1.165, 1.54) is 16.8 Å². The highest BCUT2D eigenvalue weighted by Crippen LogP contribution is 2.36. The van der Waals surface area contributed by atoms with Crippen LogP contribution in [0.15, 0.2) is 48.5 Å². The lowest BCUT2D eigenvalue weighted by Gasteiger charge is -2.29. The molecule has 4 atom stereocenters. The molecule has 4 heterocycles. The summed E-state index contributed by atoms with van der Waals surface area (Å²) < 4.78 is 25.0. The maximum Gasteiger partial charge on any atom is 0.341 e. The molecule has 3 saturated heterocycles. The number of aromatic carboxylic acids is 1. The Balaban J connectivity index is 1.14. The van der Waals surface area contributed by atoms with Crippen LogP contribution in [0, 0.1) is 0 Å². The third-order valence-corrected chi connectivity index (χ3v) is 6.93. The molecule has 3 fully saturated rings. The van der Waals surface area contributed by atoms with Crippen molar-refractivity contribution in [2.45, 2.75) is 24.3 Å². The summed E-state index contributed by atoms with van der Waals surface area (Å²) in [6, 6.07) is 13.1. The summed E-state index contributed by atoms with van der Waals surface area (Å²) in [6.07, 6.45) is -0.886. The Morgan fingerprint density at radius 1 is 1.00 bits per heavy atom. The van der Waals surface area contributed by atoms with Crippen molar-refractivity contribution in [1.29, 1.82) is 0 Å². The zero-order valence-corrected chi connectivity index (χ0v) is 20.3. The predicted octanol–water partition coefficient (Wildman–Crippen LogP) is 1.14. The van der Waals surface area contributed by atoms with Crippen LogP contribution >= 0.6 is 0 Å². The number of aromatic nitrogens is 4. The molecule has 0 saturated carbocycles. The first-order chi connectivity index (χ1) is 18.6. The smallest absolute Gasteiger partial charge is 0.341 e. The Kier molecular flexibility index (Phi) is 6.62. The number of hydrogen-bond donors (Lipinski definition) is 2. The highest BCUT2D eigenvalue weighted by Gasteiger charge is 2.50. The zero-order chi connectivity index (χ0) is 26.1. The van der Waals surface area contributed by atoms with Gasteiger partial charge in [0.2, 0.25) is 0 Å². The Labute approximate surface area is 217 Å². The summed E-state index contributed by atoms with van der Waals surface area (Å²) in [5, 5.41) is 24.2. The third kappa shape index (κ3) is 4.66. The van der Waals surface area contributed by atoms with Gasteiger partial charge in [0, 0.05) is 24.8 Å². The summed E-state index contributed by atoms with van der Waals surface area (Å²) in [7, 11) is 0. The summed E-state index contributed by atoms with van der Waals surface area (Å²) in [5.74, 6) is -1.08. The van der Waals surface area contributed by atoms with Crippen LogP contribution in [0.2, 0.25) is 0 Å². The number of amides is 1. The maximum atomic E-state index is 12.9. The Bertz CT molecular complexity index is 1330. The number of carboxylic acid groups (broad SMARTS) is 1. The van der Waals surface area contributed by atoms with Gasteiger partial charge in [-0.2, -0.15) is 4.68 Å². The van der Waals surface area contributed by atoms with Crippen LogP contribution in [0.3, 0.4) is 0 Å². The van der Waals surface area contributed by atoms with Gasteiger partial charge in [-0.1, -0.05) is 23.3 Å². The fraction of sp³-hybridized carbons (Fsp3) is 0.400. The van der Waals surface area contributed by atoms with Crippen molar-refractivity contribution >= 4 is 17.6 Å². The molecule has 1 aromatic heterocycles. The predicted molar refractivity (Wildman–Crippen MR) is 131 cm³/mol. The Morgan fingerprint density at radius 2 is 1.79 bits per heavy atom. The van der Waals surface area contributed by atoms with Crippen molar-refractivity contribution in [2.75, 3.05) is 44.4 Å². The lowest BCUT2D eigenvalue weighted by atomic mass is 10.0. The van der Waals surface area contributed by atoms with E-state index in [9.17, 15) is 14.7 Å². The van der Waals surface area contributed by atoms with Gasteiger partial charge in [0.1, 0.15) is 24.0 Å². The number of nitrogens with one attached hydrogen (secondary N) is 1. The van der Waals surface area contributed by atoms with Crippen LogP contribution in [-0.2, 0) is 14.2 Å². The molecular weight excluding hydrogens is 496 g/mol. The molecule has 3 aromatic rings. The third-order valence-electron chi connectivity index (χ3n) is 6.93. The molecule has 4 unspecified atom stereocenters. The molecule has 2 aromatic carbocycles. The fourth-order valence-corrected chi connectivity index (χ4v) is 5.06. The zero-order valence-electron chi connectivity index (χ0n) is 20.3. The molecule has 0 bridgehead atoms. The molecule has 3 aliphatic rings. The van der Waals surface area contributed by atoms with Crippen molar-refractivity contribution in [3.8, 4) is 11.8 Å². The molecule has 1 amide bonds. The van der Waals surface area contributed by atoms with E-state index in [2.05, 4.69) is 25.7 Å². The van der Waals surface area contributed by atoms with Crippen molar-refractivity contribution in [3.05, 3.63) is 59.7 Å². The van der Waals surface area contributed by atoms with E-state index in [-0.39, 0.29) is 36.4 Å². The quantitative estimate of drug-likeness (QED) is 0.460. The Morgan fingerprint density at radius 3 is 2.61 bits per heavy atom. The minimum Gasteiger partial charge on any atom is -0.478 e. The van der Waals surface area contributed by atoms with Crippen molar-refractivity contribution < 1.29 is 33.6 Å². The van der Waals surface area contributed by atoms with Crippen LogP contribution in [0.5, 0.6) is 11.8 Å². The molecule has 0 spiro atoms. The number of ether oxygens (including phenoxy) is 4. The molecule has 6 rings (SSSR count). The van der Waals surface area contributed by atoms with Crippen molar-refractivity contribution in [3.63, 3.8) is 0 Å². The minimum atomic E-state index is -1.17. The summed E-state index contributed by atoms with van der Waals surface area (Å²) in [6.45, 7) is 3.43. The number of hydrogen-bond acceptors (Lipinski definition) is 10. The molecule has 0 radical (unpaired) electrons. The minimum absolute atomic E-state index is 0.0705. The maximum absolute atomic E-state index is 12.9. The standard InChI is InChI=1S/C25H26N6O7/c32-23(17-6-1-2-7-18(17)24(33)34)26-19-13-36-22-20(14-37-21(19)22)31-25(27-28-29-31)38-16-5-3-4-15(12-16)30-8-10-35-11-9-30/h1-7,12,19-22H,8-11,13-14H2,(H,26,32)(H,33,34). The highest BCUT2D eigenvalue weighted by atomic mass is 16.6. The number of benzene rings is 2. The van der Waals surface area contributed by atoms with Crippen LogP contribution in [-0.4, -0.2) is 95.0 Å². The number of rotatable bonds is 7. The first-order valence-electron chi connectivity index (χ1n) is 12.3. The molecule has 13 nitrogen and oxygen atoms in total. The molecule has 198 valence electrons. The lowest BCUT2D eigenvalue weighted by Crippen LogP contribution is -2.44. The first kappa shape index (κ1) is 24.3. The average Bonchev–Trinajstić information content (AvgIpc) is 3.67. The van der Waals surface area contributed by atoms with Gasteiger partial charge in [0.25, 0.3) is 5.91 Å². The van der Waals surface area contributed by atoms with Gasteiger partial charge < -0.3 is 34.3 Å². The van der Waals surface area contributed by atoms with E-state index < -0.39 is 30.1 Å². The van der Waals surface area contributed by atoms with Gasteiger partial charge in [-0.25, -0.2) is 4.79 Å². The van der Waals surface area contributed by atoms with E-state index in [1.54, 1.807) is 12.1 Å². The monoisotopic (exact) mass is 522 g/mol. The van der Waals surface area contributed by atoms with Gasteiger partial charge in [-0.3, -0.25) is 4.79 Å². The van der Waals surface area contributed by atoms with Crippen molar-refractivity contribution in [2.24, 2.45) is 0 Å². The first-order valence-corrected chi connectivity index (χ1v) is 12.3. The van der Waals surface area contributed by atoms with Gasteiger partial charge in [-0.05, 0) is 34.7 Å². The molecular formula is C25H26N6O7. The second kappa shape index (κ2) is 10.4. The number of fused-ring (bicyclic) bond motifs is 1. The van der Waals surface area contributed by atoms with E-state index in [0.717, 1.165) is 18.8 Å². The van der Waals surface area contributed by atoms with Gasteiger partial charge >= 0.3 is 12.0 Å². The highest BCUT2D eigenvalue weighted by molar-refractivity contribution is 6.04. The SMILES string of the molecule is O=C(O)c1ccccc1C(=O)NC1COC2C1OCC2n1nnnc1Oc1cccc(N2CCOCC2)c1. The van der Waals surface area contributed by atoms with E-state index in [0.29, 0.717) is 19.0 Å². The van der Waals surface area contributed by atoms with Gasteiger partial charge in [0.05, 0.1) is 43.6 Å². The van der Waals surface area contributed by atoms with E-state index in [1.807, 2.05) is 24.3 Å². The van der Waals surface area contributed by atoms with Crippen LogP contribution < -0.4 is 15.0 Å². The number of anilines is 1. The fourth-order valence-electron chi connectivity index (χ4n) is 5.06. The normalized spacial score (nSPS) is 24.7. The average molecular weight is 523 g/mol.